The van der Waals surface area contributed by atoms with Gasteiger partial charge in [0.05, 0.1) is 0 Å². The third-order valence-corrected chi connectivity index (χ3v) is 2.37. The van der Waals surface area contributed by atoms with Crippen LogP contribution in [-0.2, 0) is 0 Å². The third-order valence-electron chi connectivity index (χ3n) is 2.37. The fourth-order valence-corrected chi connectivity index (χ4v) is 1.45. The fraction of sp³-hybridized carbons (Fsp3) is 0.182. The first-order chi connectivity index (χ1) is 9.72. The smallest absolute Gasteiger partial charge is 0.221 e. The van der Waals surface area contributed by atoms with Crippen LogP contribution in [0.25, 0.3) is 23.0 Å². The second-order valence-electron chi connectivity index (χ2n) is 3.95. The van der Waals surface area contributed by atoms with Gasteiger partial charge in [-0.3, -0.25) is 0 Å². The number of pyridine rings is 1. The molecule has 0 saturated carbocycles. The molecular formula is C11H9N9. The number of rotatable bonds is 2. The number of nitrogens with zero attached hydrogens (tertiary/aromatic N) is 9. The van der Waals surface area contributed by atoms with E-state index in [0.29, 0.717) is 34.7 Å². The van der Waals surface area contributed by atoms with Crippen molar-refractivity contribution in [2.75, 3.05) is 0 Å². The van der Waals surface area contributed by atoms with Crippen molar-refractivity contribution in [2.24, 2.45) is 0 Å². The van der Waals surface area contributed by atoms with Crippen molar-refractivity contribution in [3.05, 3.63) is 29.8 Å². The summed E-state index contributed by atoms with van der Waals surface area (Å²) in [6.45, 7) is 3.43. The van der Waals surface area contributed by atoms with Crippen LogP contribution in [0.2, 0.25) is 0 Å². The summed E-state index contributed by atoms with van der Waals surface area (Å²) in [4.78, 5) is 4.36. The number of aromatic nitrogens is 9. The molecule has 0 fully saturated rings. The highest BCUT2D eigenvalue weighted by Crippen LogP contribution is 2.15. The third kappa shape index (κ3) is 2.41. The molecule has 0 aliphatic heterocycles. The summed E-state index contributed by atoms with van der Waals surface area (Å²) in [5.41, 5.74) is 1.07. The Morgan fingerprint density at radius 2 is 1.00 bits per heavy atom. The Balaban J connectivity index is 2.01. The van der Waals surface area contributed by atoms with Gasteiger partial charge in [0.2, 0.25) is 11.6 Å². The molecule has 3 aromatic rings. The minimum Gasteiger partial charge on any atom is -0.241 e. The summed E-state index contributed by atoms with van der Waals surface area (Å²) in [7, 11) is 0. The first kappa shape index (κ1) is 12.1. The molecule has 9 heteroatoms. The van der Waals surface area contributed by atoms with Crippen molar-refractivity contribution in [3.63, 3.8) is 0 Å². The average Bonchev–Trinajstić information content (AvgIpc) is 2.49. The quantitative estimate of drug-likeness (QED) is 0.641. The topological polar surface area (TPSA) is 116 Å². The Bertz CT molecular complexity index is 663. The van der Waals surface area contributed by atoms with Gasteiger partial charge < -0.3 is 0 Å². The lowest BCUT2D eigenvalue weighted by atomic mass is 10.3. The van der Waals surface area contributed by atoms with Gasteiger partial charge in [-0.25, -0.2) is 4.98 Å². The van der Waals surface area contributed by atoms with Crippen molar-refractivity contribution < 1.29 is 0 Å². The Morgan fingerprint density at radius 1 is 0.600 bits per heavy atom. The lowest BCUT2D eigenvalue weighted by Gasteiger charge is -2.01. The molecule has 0 aliphatic carbocycles. The van der Waals surface area contributed by atoms with E-state index >= 15 is 0 Å². The molecule has 0 aromatic carbocycles. The van der Waals surface area contributed by atoms with Crippen LogP contribution < -0.4 is 0 Å². The Labute approximate surface area is 113 Å². The molecule has 0 N–H and O–H groups in total. The van der Waals surface area contributed by atoms with Gasteiger partial charge in [-0.1, -0.05) is 6.07 Å². The summed E-state index contributed by atoms with van der Waals surface area (Å²) in [6.07, 6.45) is 0. The zero-order valence-corrected chi connectivity index (χ0v) is 10.8. The van der Waals surface area contributed by atoms with Crippen LogP contribution in [0.1, 0.15) is 11.6 Å². The zero-order valence-electron chi connectivity index (χ0n) is 10.8. The lowest BCUT2D eigenvalue weighted by Crippen LogP contribution is -2.02. The van der Waals surface area contributed by atoms with Crippen molar-refractivity contribution >= 4 is 0 Å². The van der Waals surface area contributed by atoms with Crippen molar-refractivity contribution in [3.8, 4) is 23.0 Å². The van der Waals surface area contributed by atoms with Crippen LogP contribution in [-0.4, -0.2) is 45.8 Å². The van der Waals surface area contributed by atoms with Crippen LogP contribution in [0.5, 0.6) is 0 Å². The van der Waals surface area contributed by atoms with E-state index in [4.69, 9.17) is 0 Å². The second-order valence-corrected chi connectivity index (χ2v) is 3.95. The first-order valence-electron chi connectivity index (χ1n) is 5.78. The zero-order chi connectivity index (χ0) is 13.9. The second kappa shape index (κ2) is 4.96. The van der Waals surface area contributed by atoms with E-state index in [-0.39, 0.29) is 0 Å². The molecule has 0 amide bonds. The fourth-order valence-electron chi connectivity index (χ4n) is 1.45. The summed E-state index contributed by atoms with van der Waals surface area (Å²) < 4.78 is 0. The minimum atomic E-state index is 0.338. The van der Waals surface area contributed by atoms with Crippen molar-refractivity contribution in [1.29, 1.82) is 0 Å². The molecule has 20 heavy (non-hydrogen) atoms. The molecule has 0 spiro atoms. The van der Waals surface area contributed by atoms with Gasteiger partial charge in [-0.2, -0.15) is 0 Å². The monoisotopic (exact) mass is 267 g/mol. The molecule has 0 atom stereocenters. The molecule has 98 valence electrons. The molecule has 9 nitrogen and oxygen atoms in total. The number of aryl methyl sites for hydroxylation is 2. The number of hydrogen-bond acceptors (Lipinski definition) is 9. The van der Waals surface area contributed by atoms with Gasteiger partial charge in [0, 0.05) is 0 Å². The van der Waals surface area contributed by atoms with Crippen LogP contribution in [0.4, 0.5) is 0 Å². The molecule has 0 aliphatic rings. The SMILES string of the molecule is Cc1nnc(-c2cccc(-c3nnc(C)nn3)n2)nn1. The highest BCUT2D eigenvalue weighted by molar-refractivity contribution is 5.55. The van der Waals surface area contributed by atoms with E-state index < -0.39 is 0 Å². The Hall–Kier alpha value is -2.97. The molecule has 0 bridgehead atoms. The minimum absolute atomic E-state index is 0.338. The van der Waals surface area contributed by atoms with E-state index in [2.05, 4.69) is 45.8 Å². The van der Waals surface area contributed by atoms with E-state index in [1.165, 1.54) is 0 Å². The molecule has 3 rings (SSSR count). The van der Waals surface area contributed by atoms with Crippen molar-refractivity contribution in [1.82, 2.24) is 45.8 Å². The molecule has 3 heterocycles. The highest BCUT2D eigenvalue weighted by Gasteiger charge is 2.09. The maximum absolute atomic E-state index is 4.36. The number of hydrogen-bond donors (Lipinski definition) is 0. The predicted octanol–water partition coefficient (Wildman–Crippen LogP) is 0.192. The molecule has 0 saturated heterocycles. The molecular weight excluding hydrogens is 258 g/mol. The summed E-state index contributed by atoms with van der Waals surface area (Å²) in [6, 6.07) is 5.31. The van der Waals surface area contributed by atoms with Gasteiger partial charge in [0.15, 0.2) is 11.6 Å². The maximum atomic E-state index is 4.36. The van der Waals surface area contributed by atoms with Gasteiger partial charge in [-0.15, -0.1) is 40.8 Å². The van der Waals surface area contributed by atoms with E-state index in [1.54, 1.807) is 32.0 Å². The standard InChI is InChI=1S/C11H9N9/c1-6-13-17-10(18-14-6)8-4-3-5-9(12-8)11-19-15-7(2)16-20-11/h3-5H,1-2H3. The van der Waals surface area contributed by atoms with Gasteiger partial charge in [0.1, 0.15) is 11.4 Å². The summed E-state index contributed by atoms with van der Waals surface area (Å²) >= 11 is 0. The first-order valence-corrected chi connectivity index (χ1v) is 5.78. The Morgan fingerprint density at radius 3 is 1.40 bits per heavy atom. The van der Waals surface area contributed by atoms with Gasteiger partial charge >= 0.3 is 0 Å². The maximum Gasteiger partial charge on any atom is 0.221 e. The average molecular weight is 267 g/mol. The van der Waals surface area contributed by atoms with Gasteiger partial charge in [-0.05, 0) is 26.0 Å². The molecule has 3 aromatic heterocycles. The predicted molar refractivity (Wildman–Crippen MR) is 66.9 cm³/mol. The Kier molecular flexibility index (Phi) is 2.99. The molecule has 0 unspecified atom stereocenters. The van der Waals surface area contributed by atoms with E-state index in [1.807, 2.05) is 0 Å². The van der Waals surface area contributed by atoms with E-state index in [0.717, 1.165) is 0 Å². The van der Waals surface area contributed by atoms with Crippen molar-refractivity contribution in [2.45, 2.75) is 13.8 Å². The largest absolute Gasteiger partial charge is 0.241 e. The summed E-state index contributed by atoms with van der Waals surface area (Å²) in [5, 5.41) is 31.2. The van der Waals surface area contributed by atoms with E-state index in [9.17, 15) is 0 Å². The van der Waals surface area contributed by atoms with Crippen LogP contribution >= 0.6 is 0 Å². The normalized spacial score (nSPS) is 10.5. The van der Waals surface area contributed by atoms with Crippen LogP contribution in [0.3, 0.4) is 0 Å². The highest BCUT2D eigenvalue weighted by atomic mass is 15.3. The van der Waals surface area contributed by atoms with Gasteiger partial charge in [0.25, 0.3) is 0 Å². The lowest BCUT2D eigenvalue weighted by molar-refractivity contribution is 0.806. The molecule has 0 radical (unpaired) electrons. The van der Waals surface area contributed by atoms with Crippen LogP contribution in [0.15, 0.2) is 18.2 Å². The summed E-state index contributed by atoms with van der Waals surface area (Å²) in [5.74, 6) is 1.68. The van der Waals surface area contributed by atoms with Crippen LogP contribution in [0, 0.1) is 13.8 Å².